The lowest BCUT2D eigenvalue weighted by atomic mass is 10.0. The summed E-state index contributed by atoms with van der Waals surface area (Å²) >= 11 is 1.39. The number of carbonyl (C=O) groups is 2. The second-order valence-electron chi connectivity index (χ2n) is 7.57. The number of nitrogens with zero attached hydrogens (tertiary/aromatic N) is 2. The Labute approximate surface area is 182 Å². The van der Waals surface area contributed by atoms with Crippen molar-refractivity contribution in [3.63, 3.8) is 0 Å². The molecule has 1 N–H and O–H groups in total. The van der Waals surface area contributed by atoms with E-state index in [1.54, 1.807) is 30.2 Å². The van der Waals surface area contributed by atoms with Gasteiger partial charge in [0.05, 0.1) is 4.88 Å². The molecule has 1 aliphatic rings. The maximum atomic E-state index is 13.2. The monoisotopic (exact) mass is 439 g/mol. The Morgan fingerprint density at radius 3 is 2.65 bits per heavy atom. The van der Waals surface area contributed by atoms with Gasteiger partial charge in [0, 0.05) is 31.0 Å². The summed E-state index contributed by atoms with van der Waals surface area (Å²) < 4.78 is 14.6. The molecule has 6 nitrogen and oxygen atoms in total. The summed E-state index contributed by atoms with van der Waals surface area (Å²) in [5.41, 5.74) is 0.619. The van der Waals surface area contributed by atoms with Gasteiger partial charge in [0.25, 0.3) is 17.4 Å². The molecule has 3 heterocycles. The number of hydrogen-bond donors (Lipinski definition) is 1. The lowest BCUT2D eigenvalue weighted by Crippen LogP contribution is -2.50. The molecule has 0 radical (unpaired) electrons. The predicted octanol–water partition coefficient (Wildman–Crippen LogP) is 3.38. The minimum atomic E-state index is -0.466. The van der Waals surface area contributed by atoms with Gasteiger partial charge in [0.1, 0.15) is 11.4 Å². The van der Waals surface area contributed by atoms with Crippen molar-refractivity contribution in [2.24, 2.45) is 0 Å². The summed E-state index contributed by atoms with van der Waals surface area (Å²) in [6.07, 6.45) is 3.08. The van der Waals surface area contributed by atoms with Gasteiger partial charge in [-0.15, -0.1) is 11.3 Å². The van der Waals surface area contributed by atoms with Crippen LogP contribution in [0.15, 0.2) is 58.8 Å². The van der Waals surface area contributed by atoms with E-state index in [4.69, 9.17) is 0 Å². The van der Waals surface area contributed by atoms with Crippen molar-refractivity contribution < 1.29 is 14.0 Å². The second-order valence-corrected chi connectivity index (χ2v) is 8.51. The van der Waals surface area contributed by atoms with E-state index in [9.17, 15) is 18.8 Å². The number of piperidine rings is 1. The van der Waals surface area contributed by atoms with Gasteiger partial charge < -0.3 is 10.2 Å². The molecule has 1 aliphatic heterocycles. The van der Waals surface area contributed by atoms with E-state index in [1.807, 2.05) is 11.4 Å². The maximum absolute atomic E-state index is 13.2. The van der Waals surface area contributed by atoms with Crippen molar-refractivity contribution >= 4 is 23.2 Å². The van der Waals surface area contributed by atoms with Crippen molar-refractivity contribution in [2.75, 3.05) is 13.1 Å². The Morgan fingerprint density at radius 1 is 1.16 bits per heavy atom. The highest BCUT2D eigenvalue weighted by molar-refractivity contribution is 7.12. The number of pyridine rings is 1. The number of halogens is 1. The Morgan fingerprint density at radius 2 is 1.94 bits per heavy atom. The molecule has 0 aliphatic carbocycles. The molecule has 2 aromatic heterocycles. The molecule has 31 heavy (non-hydrogen) atoms. The van der Waals surface area contributed by atoms with E-state index in [1.165, 1.54) is 40.2 Å². The first-order chi connectivity index (χ1) is 14.9. The SMILES string of the molecule is Cc1ccn(-c2ccc(F)cc2)c(=O)c1C(=O)NC1CCCN(C(=O)c2cccs2)C1. The van der Waals surface area contributed by atoms with Crippen molar-refractivity contribution in [3.8, 4) is 5.69 Å². The largest absolute Gasteiger partial charge is 0.347 e. The van der Waals surface area contributed by atoms with E-state index >= 15 is 0 Å². The Hall–Kier alpha value is -3.26. The highest BCUT2D eigenvalue weighted by Crippen LogP contribution is 2.18. The summed E-state index contributed by atoms with van der Waals surface area (Å²) in [4.78, 5) is 41.1. The number of aromatic nitrogens is 1. The number of thiophene rings is 1. The molecule has 160 valence electrons. The van der Waals surface area contributed by atoms with Crippen LogP contribution in [-0.4, -0.2) is 40.4 Å². The molecule has 1 atom stereocenters. The van der Waals surface area contributed by atoms with Crippen molar-refractivity contribution in [1.29, 1.82) is 0 Å². The van der Waals surface area contributed by atoms with Gasteiger partial charge >= 0.3 is 0 Å². The fourth-order valence-corrected chi connectivity index (χ4v) is 4.49. The first-order valence-corrected chi connectivity index (χ1v) is 10.9. The third-order valence-corrected chi connectivity index (χ3v) is 6.27. The van der Waals surface area contributed by atoms with Crippen LogP contribution in [0.4, 0.5) is 4.39 Å². The molecule has 3 aromatic rings. The van der Waals surface area contributed by atoms with Gasteiger partial charge in [0.15, 0.2) is 0 Å². The van der Waals surface area contributed by atoms with Crippen molar-refractivity contribution in [3.05, 3.63) is 86.2 Å². The number of nitrogens with one attached hydrogen (secondary N) is 1. The Bertz CT molecular complexity index is 1160. The molecule has 4 rings (SSSR count). The smallest absolute Gasteiger partial charge is 0.268 e. The zero-order valence-electron chi connectivity index (χ0n) is 17.0. The number of carbonyl (C=O) groups excluding carboxylic acids is 2. The van der Waals surface area contributed by atoms with Crippen LogP contribution in [0.2, 0.25) is 0 Å². The van der Waals surface area contributed by atoms with Crippen LogP contribution in [0.1, 0.15) is 38.4 Å². The number of rotatable bonds is 4. The first kappa shape index (κ1) is 21.0. The highest BCUT2D eigenvalue weighted by Gasteiger charge is 2.27. The highest BCUT2D eigenvalue weighted by atomic mass is 32.1. The lowest BCUT2D eigenvalue weighted by molar-refractivity contribution is 0.0680. The zero-order chi connectivity index (χ0) is 22.0. The molecule has 0 saturated carbocycles. The van der Waals surface area contributed by atoms with E-state index in [0.717, 1.165) is 12.8 Å². The molecular weight excluding hydrogens is 417 g/mol. The summed E-state index contributed by atoms with van der Waals surface area (Å²) in [6, 6.07) is 10.6. The van der Waals surface area contributed by atoms with Crippen LogP contribution in [0.5, 0.6) is 0 Å². The summed E-state index contributed by atoms with van der Waals surface area (Å²) in [6.45, 7) is 2.75. The predicted molar refractivity (Wildman–Crippen MR) is 117 cm³/mol. The molecular formula is C23H22FN3O3S. The van der Waals surface area contributed by atoms with E-state index in [-0.39, 0.29) is 17.5 Å². The fraction of sp³-hybridized carbons (Fsp3) is 0.261. The number of benzene rings is 1. The molecule has 1 saturated heterocycles. The van der Waals surface area contributed by atoms with Crippen LogP contribution in [0.25, 0.3) is 5.69 Å². The van der Waals surface area contributed by atoms with Gasteiger partial charge in [-0.1, -0.05) is 6.07 Å². The van der Waals surface area contributed by atoms with E-state index in [2.05, 4.69) is 5.32 Å². The summed E-state index contributed by atoms with van der Waals surface area (Å²) in [5, 5.41) is 4.79. The van der Waals surface area contributed by atoms with Crippen LogP contribution >= 0.6 is 11.3 Å². The standard InChI is InChI=1S/C23H22FN3O3S/c1-15-10-12-27(18-8-6-16(24)7-9-18)23(30)20(15)21(28)25-17-4-2-11-26(14-17)22(29)19-5-3-13-31-19/h3,5-10,12-13,17H,2,4,11,14H2,1H3,(H,25,28). The van der Waals surface area contributed by atoms with Crippen LogP contribution < -0.4 is 10.9 Å². The topological polar surface area (TPSA) is 71.4 Å². The van der Waals surface area contributed by atoms with Crippen molar-refractivity contribution in [2.45, 2.75) is 25.8 Å². The van der Waals surface area contributed by atoms with Crippen LogP contribution in [0, 0.1) is 12.7 Å². The fourth-order valence-electron chi connectivity index (χ4n) is 3.80. The molecule has 8 heteroatoms. The molecule has 1 aromatic carbocycles. The summed E-state index contributed by atoms with van der Waals surface area (Å²) in [5.74, 6) is -0.904. The van der Waals surface area contributed by atoms with Crippen LogP contribution in [0.3, 0.4) is 0 Å². The third kappa shape index (κ3) is 4.44. The minimum Gasteiger partial charge on any atom is -0.347 e. The van der Waals surface area contributed by atoms with Gasteiger partial charge in [-0.2, -0.15) is 0 Å². The zero-order valence-corrected chi connectivity index (χ0v) is 17.8. The molecule has 2 amide bonds. The molecule has 0 spiro atoms. The molecule has 1 fully saturated rings. The minimum absolute atomic E-state index is 0.0384. The van der Waals surface area contributed by atoms with Gasteiger partial charge in [-0.3, -0.25) is 19.0 Å². The number of aryl methyl sites for hydroxylation is 1. The van der Waals surface area contributed by atoms with Gasteiger partial charge in [-0.05, 0) is 67.1 Å². The second kappa shape index (κ2) is 8.85. The Kier molecular flexibility index (Phi) is 5.99. The molecule has 0 bridgehead atoms. The third-order valence-electron chi connectivity index (χ3n) is 5.41. The van der Waals surface area contributed by atoms with Crippen LogP contribution in [-0.2, 0) is 0 Å². The lowest BCUT2D eigenvalue weighted by Gasteiger charge is -2.33. The van der Waals surface area contributed by atoms with Gasteiger partial charge in [0.2, 0.25) is 0 Å². The quantitative estimate of drug-likeness (QED) is 0.678. The van der Waals surface area contributed by atoms with E-state index in [0.29, 0.717) is 29.2 Å². The van der Waals surface area contributed by atoms with E-state index < -0.39 is 17.3 Å². The first-order valence-electron chi connectivity index (χ1n) is 10.1. The average Bonchev–Trinajstić information content (AvgIpc) is 3.29. The average molecular weight is 440 g/mol. The van der Waals surface area contributed by atoms with Crippen molar-refractivity contribution in [1.82, 2.24) is 14.8 Å². The number of likely N-dealkylation sites (tertiary alicyclic amines) is 1. The normalized spacial score (nSPS) is 16.2. The maximum Gasteiger partial charge on any atom is 0.268 e. The summed E-state index contributed by atoms with van der Waals surface area (Å²) in [7, 11) is 0. The number of hydrogen-bond acceptors (Lipinski definition) is 4. The molecule has 1 unspecified atom stereocenters. The Balaban J connectivity index is 1.53. The van der Waals surface area contributed by atoms with Gasteiger partial charge in [-0.25, -0.2) is 4.39 Å². The number of amides is 2.